The van der Waals surface area contributed by atoms with Gasteiger partial charge >= 0.3 is 0 Å². The second-order valence-corrected chi connectivity index (χ2v) is 6.28. The van der Waals surface area contributed by atoms with E-state index in [-0.39, 0.29) is 5.91 Å². The molecule has 1 aromatic carbocycles. The number of amides is 1. The molecule has 4 nitrogen and oxygen atoms in total. The first-order chi connectivity index (χ1) is 10.6. The third-order valence-corrected chi connectivity index (χ3v) is 3.88. The Balaban J connectivity index is 2.12. The molecule has 1 saturated heterocycles. The number of benzene rings is 1. The van der Waals surface area contributed by atoms with Gasteiger partial charge in [-0.3, -0.25) is 4.79 Å². The summed E-state index contributed by atoms with van der Waals surface area (Å²) < 4.78 is 11.1. The van der Waals surface area contributed by atoms with Crippen molar-refractivity contribution in [3.8, 4) is 11.5 Å². The van der Waals surface area contributed by atoms with Crippen molar-refractivity contribution < 1.29 is 14.3 Å². The van der Waals surface area contributed by atoms with Gasteiger partial charge in [0.1, 0.15) is 0 Å². The van der Waals surface area contributed by atoms with Gasteiger partial charge in [-0.25, -0.2) is 0 Å². The second kappa shape index (κ2) is 8.06. The van der Waals surface area contributed by atoms with Crippen LogP contribution >= 0.6 is 0 Å². The normalized spacial score (nSPS) is 15.5. The zero-order valence-corrected chi connectivity index (χ0v) is 13.9. The van der Waals surface area contributed by atoms with Crippen LogP contribution in [0.3, 0.4) is 0 Å². The van der Waals surface area contributed by atoms with Gasteiger partial charge in [-0.2, -0.15) is 0 Å². The van der Waals surface area contributed by atoms with E-state index in [4.69, 9.17) is 9.47 Å². The highest BCUT2D eigenvalue weighted by atomic mass is 16.5. The Kier molecular flexibility index (Phi) is 6.10. The lowest BCUT2D eigenvalue weighted by molar-refractivity contribution is 0.0761. The van der Waals surface area contributed by atoms with Crippen LogP contribution in [-0.4, -0.2) is 37.6 Å². The van der Waals surface area contributed by atoms with Crippen LogP contribution < -0.4 is 9.47 Å². The lowest BCUT2D eigenvalue weighted by atomic mass is 10.1. The topological polar surface area (TPSA) is 38.8 Å². The van der Waals surface area contributed by atoms with Gasteiger partial charge < -0.3 is 14.4 Å². The highest BCUT2D eigenvalue weighted by Crippen LogP contribution is 2.29. The molecule has 0 spiro atoms. The monoisotopic (exact) mass is 305 g/mol. The molecule has 4 heteroatoms. The Morgan fingerprint density at radius 2 is 1.82 bits per heavy atom. The zero-order valence-electron chi connectivity index (χ0n) is 13.9. The maximum Gasteiger partial charge on any atom is 0.253 e. The summed E-state index contributed by atoms with van der Waals surface area (Å²) in [4.78, 5) is 14.6. The van der Waals surface area contributed by atoms with Crippen molar-refractivity contribution in [2.45, 2.75) is 39.5 Å². The van der Waals surface area contributed by atoms with E-state index in [1.54, 1.807) is 13.2 Å². The fourth-order valence-corrected chi connectivity index (χ4v) is 2.63. The molecule has 1 aliphatic heterocycles. The average Bonchev–Trinajstić information content (AvgIpc) is 2.81. The fraction of sp³-hybridized carbons (Fsp3) is 0.611. The van der Waals surface area contributed by atoms with Gasteiger partial charge in [-0.1, -0.05) is 26.7 Å². The predicted molar refractivity (Wildman–Crippen MR) is 87.7 cm³/mol. The van der Waals surface area contributed by atoms with E-state index in [0.29, 0.717) is 29.6 Å². The van der Waals surface area contributed by atoms with Gasteiger partial charge in [0.25, 0.3) is 5.91 Å². The van der Waals surface area contributed by atoms with E-state index in [1.807, 2.05) is 17.0 Å². The number of likely N-dealkylation sites (tertiary alicyclic amines) is 1. The summed E-state index contributed by atoms with van der Waals surface area (Å²) in [5, 5.41) is 0. The lowest BCUT2D eigenvalue weighted by Gasteiger charge is -2.21. The standard InChI is InChI=1S/C18H27NO3/c1-14(2)13-22-16-9-8-15(12-17(16)21-3)18(20)19-10-6-4-5-7-11-19/h8-9,12,14H,4-7,10-11,13H2,1-3H3. The summed E-state index contributed by atoms with van der Waals surface area (Å²) in [6.45, 7) is 6.54. The molecule has 1 aromatic rings. The van der Waals surface area contributed by atoms with Crippen molar-refractivity contribution >= 4 is 5.91 Å². The van der Waals surface area contributed by atoms with E-state index >= 15 is 0 Å². The molecule has 1 aliphatic rings. The molecule has 0 aromatic heterocycles. The first kappa shape index (κ1) is 16.7. The van der Waals surface area contributed by atoms with Crippen LogP contribution in [0.4, 0.5) is 0 Å². The quantitative estimate of drug-likeness (QED) is 0.831. The molecule has 0 atom stereocenters. The van der Waals surface area contributed by atoms with Crippen LogP contribution in [0.2, 0.25) is 0 Å². The first-order valence-electron chi connectivity index (χ1n) is 8.22. The maximum absolute atomic E-state index is 12.6. The first-order valence-corrected chi connectivity index (χ1v) is 8.22. The van der Waals surface area contributed by atoms with Crippen LogP contribution in [0.1, 0.15) is 49.9 Å². The molecule has 0 aliphatic carbocycles. The highest BCUT2D eigenvalue weighted by Gasteiger charge is 2.19. The Morgan fingerprint density at radius 3 is 2.41 bits per heavy atom. The molecule has 0 unspecified atom stereocenters. The number of hydrogen-bond acceptors (Lipinski definition) is 3. The van der Waals surface area contributed by atoms with E-state index in [0.717, 1.165) is 25.9 Å². The van der Waals surface area contributed by atoms with Crippen LogP contribution in [-0.2, 0) is 0 Å². The molecule has 122 valence electrons. The molecule has 2 rings (SSSR count). The van der Waals surface area contributed by atoms with E-state index in [2.05, 4.69) is 13.8 Å². The van der Waals surface area contributed by atoms with Crippen LogP contribution in [0.5, 0.6) is 11.5 Å². The minimum atomic E-state index is 0.0932. The molecule has 1 heterocycles. The Morgan fingerprint density at radius 1 is 1.14 bits per heavy atom. The van der Waals surface area contributed by atoms with E-state index in [1.165, 1.54) is 12.8 Å². The number of carbonyl (C=O) groups is 1. The largest absolute Gasteiger partial charge is 0.493 e. The number of carbonyl (C=O) groups excluding carboxylic acids is 1. The second-order valence-electron chi connectivity index (χ2n) is 6.28. The molecular formula is C18H27NO3. The summed E-state index contributed by atoms with van der Waals surface area (Å²) in [5.74, 6) is 1.86. The van der Waals surface area contributed by atoms with Crippen molar-refractivity contribution in [1.82, 2.24) is 4.90 Å². The average molecular weight is 305 g/mol. The molecule has 1 fully saturated rings. The maximum atomic E-state index is 12.6. The minimum Gasteiger partial charge on any atom is -0.493 e. The molecule has 0 bridgehead atoms. The van der Waals surface area contributed by atoms with Crippen LogP contribution in [0.15, 0.2) is 18.2 Å². The summed E-state index contributed by atoms with van der Waals surface area (Å²) >= 11 is 0. The van der Waals surface area contributed by atoms with Gasteiger partial charge in [-0.15, -0.1) is 0 Å². The zero-order chi connectivity index (χ0) is 15.9. The smallest absolute Gasteiger partial charge is 0.253 e. The molecule has 1 amide bonds. The summed E-state index contributed by atoms with van der Waals surface area (Å²) in [7, 11) is 1.61. The highest BCUT2D eigenvalue weighted by molar-refractivity contribution is 5.95. The van der Waals surface area contributed by atoms with Gasteiger partial charge in [-0.05, 0) is 37.0 Å². The van der Waals surface area contributed by atoms with Crippen molar-refractivity contribution in [1.29, 1.82) is 0 Å². The van der Waals surface area contributed by atoms with Crippen LogP contribution in [0, 0.1) is 5.92 Å². The van der Waals surface area contributed by atoms with Gasteiger partial charge in [0.15, 0.2) is 11.5 Å². The number of rotatable bonds is 5. The Labute approximate surface area is 133 Å². The fourth-order valence-electron chi connectivity index (χ4n) is 2.63. The van der Waals surface area contributed by atoms with Crippen molar-refractivity contribution in [2.75, 3.05) is 26.8 Å². The minimum absolute atomic E-state index is 0.0932. The van der Waals surface area contributed by atoms with Crippen molar-refractivity contribution in [2.24, 2.45) is 5.92 Å². The Hall–Kier alpha value is -1.71. The lowest BCUT2D eigenvalue weighted by Crippen LogP contribution is -2.31. The SMILES string of the molecule is COc1cc(C(=O)N2CCCCCC2)ccc1OCC(C)C. The third-order valence-electron chi connectivity index (χ3n) is 3.88. The Bertz CT molecular complexity index is 491. The summed E-state index contributed by atoms with van der Waals surface area (Å²) in [6.07, 6.45) is 4.63. The molecule has 22 heavy (non-hydrogen) atoms. The molecule has 0 saturated carbocycles. The van der Waals surface area contributed by atoms with Crippen molar-refractivity contribution in [3.05, 3.63) is 23.8 Å². The molecular weight excluding hydrogens is 278 g/mol. The van der Waals surface area contributed by atoms with Crippen LogP contribution in [0.25, 0.3) is 0 Å². The number of ether oxygens (including phenoxy) is 2. The number of hydrogen-bond donors (Lipinski definition) is 0. The molecule has 0 radical (unpaired) electrons. The van der Waals surface area contributed by atoms with E-state index in [9.17, 15) is 4.79 Å². The number of nitrogens with zero attached hydrogens (tertiary/aromatic N) is 1. The number of methoxy groups -OCH3 is 1. The predicted octanol–water partition coefficient (Wildman–Crippen LogP) is 3.75. The summed E-state index contributed by atoms with van der Waals surface area (Å²) in [6, 6.07) is 5.47. The van der Waals surface area contributed by atoms with Gasteiger partial charge in [0.2, 0.25) is 0 Å². The third kappa shape index (κ3) is 4.39. The van der Waals surface area contributed by atoms with Gasteiger partial charge in [0.05, 0.1) is 13.7 Å². The van der Waals surface area contributed by atoms with Gasteiger partial charge in [0, 0.05) is 18.7 Å². The summed E-state index contributed by atoms with van der Waals surface area (Å²) in [5.41, 5.74) is 0.677. The molecule has 0 N–H and O–H groups in total. The van der Waals surface area contributed by atoms with E-state index < -0.39 is 0 Å². The van der Waals surface area contributed by atoms with Crippen molar-refractivity contribution in [3.63, 3.8) is 0 Å².